The maximum absolute atomic E-state index is 2.55. The fourth-order valence-electron chi connectivity index (χ4n) is 2.47. The zero-order valence-corrected chi connectivity index (χ0v) is 10.7. The summed E-state index contributed by atoms with van der Waals surface area (Å²) in [6.45, 7) is 9.37. The van der Waals surface area contributed by atoms with E-state index in [2.05, 4.69) is 49.9 Å². The first-order valence-corrected chi connectivity index (χ1v) is 6.51. The van der Waals surface area contributed by atoms with E-state index in [0.717, 1.165) is 18.4 Å². The fourth-order valence-corrected chi connectivity index (χ4v) is 2.47. The van der Waals surface area contributed by atoms with Gasteiger partial charge in [-0.25, -0.2) is 0 Å². The van der Waals surface area contributed by atoms with Crippen LogP contribution in [0.1, 0.15) is 31.9 Å². The molecule has 1 aromatic rings. The molecule has 1 heteroatoms. The van der Waals surface area contributed by atoms with Crippen LogP contribution in [0.2, 0.25) is 0 Å². The van der Waals surface area contributed by atoms with Crippen molar-refractivity contribution in [3.8, 4) is 0 Å². The number of rotatable bonds is 4. The third kappa shape index (κ3) is 2.65. The third-order valence-corrected chi connectivity index (χ3v) is 3.64. The second kappa shape index (κ2) is 5.01. The summed E-state index contributed by atoms with van der Waals surface area (Å²) >= 11 is 0. The molecule has 1 fully saturated rings. The maximum atomic E-state index is 2.55. The van der Waals surface area contributed by atoms with Gasteiger partial charge < -0.3 is 4.90 Å². The Hall–Kier alpha value is -0.820. The van der Waals surface area contributed by atoms with Gasteiger partial charge in [0.25, 0.3) is 0 Å². The molecule has 88 valence electrons. The first-order valence-electron chi connectivity index (χ1n) is 6.51. The summed E-state index contributed by atoms with van der Waals surface area (Å²) in [6.07, 6.45) is 2.41. The lowest BCUT2D eigenvalue weighted by atomic mass is 9.90. The standard InChI is InChI=1S/C15H23N/c1-4-13-6-5-7-14(8-13)9-15-10-16(11-15)12(2)3/h5-8,12,15H,4,9-11H2,1-3H3. The Morgan fingerprint density at radius 2 is 1.94 bits per heavy atom. The number of benzene rings is 1. The minimum absolute atomic E-state index is 0.721. The van der Waals surface area contributed by atoms with Crippen LogP contribution in [0.3, 0.4) is 0 Å². The SMILES string of the molecule is CCc1cccc(CC2CN(C(C)C)C2)c1. The molecule has 1 nitrogen and oxygen atoms in total. The summed E-state index contributed by atoms with van der Waals surface area (Å²) in [7, 11) is 0. The van der Waals surface area contributed by atoms with Gasteiger partial charge in [-0.2, -0.15) is 0 Å². The van der Waals surface area contributed by atoms with Gasteiger partial charge in [0.15, 0.2) is 0 Å². The smallest absolute Gasteiger partial charge is 0.00388 e. The first kappa shape index (κ1) is 11.7. The Morgan fingerprint density at radius 3 is 2.56 bits per heavy atom. The van der Waals surface area contributed by atoms with Crippen LogP contribution in [0, 0.1) is 5.92 Å². The molecule has 16 heavy (non-hydrogen) atoms. The van der Waals surface area contributed by atoms with Crippen molar-refractivity contribution in [2.45, 2.75) is 39.7 Å². The van der Waals surface area contributed by atoms with Crippen LogP contribution in [0.15, 0.2) is 24.3 Å². The van der Waals surface area contributed by atoms with E-state index < -0.39 is 0 Å². The number of likely N-dealkylation sites (tertiary alicyclic amines) is 1. The van der Waals surface area contributed by atoms with E-state index in [-0.39, 0.29) is 0 Å². The van der Waals surface area contributed by atoms with Crippen LogP contribution in [0.5, 0.6) is 0 Å². The van der Waals surface area contributed by atoms with Crippen LogP contribution >= 0.6 is 0 Å². The molecule has 0 radical (unpaired) electrons. The second-order valence-corrected chi connectivity index (χ2v) is 5.29. The van der Waals surface area contributed by atoms with Crippen LogP contribution in [0.4, 0.5) is 0 Å². The molecular weight excluding hydrogens is 194 g/mol. The van der Waals surface area contributed by atoms with Gasteiger partial charge in [-0.05, 0) is 43.7 Å². The molecule has 0 amide bonds. The van der Waals surface area contributed by atoms with Gasteiger partial charge in [0, 0.05) is 19.1 Å². The summed E-state index contributed by atoms with van der Waals surface area (Å²) in [6, 6.07) is 9.80. The molecule has 0 aliphatic carbocycles. The van der Waals surface area contributed by atoms with Crippen LogP contribution in [-0.2, 0) is 12.8 Å². The van der Waals surface area contributed by atoms with E-state index in [0.29, 0.717) is 0 Å². The summed E-state index contributed by atoms with van der Waals surface area (Å²) in [4.78, 5) is 2.55. The highest BCUT2D eigenvalue weighted by Gasteiger charge is 2.28. The molecule has 2 rings (SSSR count). The Morgan fingerprint density at radius 1 is 1.25 bits per heavy atom. The number of hydrogen-bond donors (Lipinski definition) is 0. The quantitative estimate of drug-likeness (QED) is 0.749. The molecule has 0 bridgehead atoms. The zero-order chi connectivity index (χ0) is 11.5. The monoisotopic (exact) mass is 217 g/mol. The Bertz CT molecular complexity index is 337. The van der Waals surface area contributed by atoms with E-state index in [1.807, 2.05) is 0 Å². The lowest BCUT2D eigenvalue weighted by molar-refractivity contribution is 0.0681. The fraction of sp³-hybridized carbons (Fsp3) is 0.600. The Labute approximate surface area is 99.5 Å². The largest absolute Gasteiger partial charge is 0.300 e. The summed E-state index contributed by atoms with van der Waals surface area (Å²) < 4.78 is 0. The predicted molar refractivity (Wildman–Crippen MR) is 69.7 cm³/mol. The van der Waals surface area contributed by atoms with Gasteiger partial charge in [0.2, 0.25) is 0 Å². The molecule has 1 aliphatic rings. The van der Waals surface area contributed by atoms with Crippen molar-refractivity contribution in [2.75, 3.05) is 13.1 Å². The molecule has 0 saturated carbocycles. The summed E-state index contributed by atoms with van der Waals surface area (Å²) in [5.74, 6) is 0.884. The minimum atomic E-state index is 0.721. The number of aryl methyl sites for hydroxylation is 1. The van der Waals surface area contributed by atoms with Gasteiger partial charge in [-0.3, -0.25) is 0 Å². The summed E-state index contributed by atoms with van der Waals surface area (Å²) in [5.41, 5.74) is 2.99. The molecule has 1 saturated heterocycles. The van der Waals surface area contributed by atoms with Crippen molar-refractivity contribution in [1.82, 2.24) is 4.90 Å². The minimum Gasteiger partial charge on any atom is -0.300 e. The average Bonchev–Trinajstić information content (AvgIpc) is 2.22. The molecule has 0 N–H and O–H groups in total. The lowest BCUT2D eigenvalue weighted by Crippen LogP contribution is -2.50. The van der Waals surface area contributed by atoms with E-state index in [1.165, 1.54) is 30.6 Å². The van der Waals surface area contributed by atoms with Crippen molar-refractivity contribution in [2.24, 2.45) is 5.92 Å². The predicted octanol–water partition coefficient (Wildman–Crippen LogP) is 3.13. The lowest BCUT2D eigenvalue weighted by Gasteiger charge is -2.42. The molecular formula is C15H23N. The van der Waals surface area contributed by atoms with Crippen molar-refractivity contribution < 1.29 is 0 Å². The third-order valence-electron chi connectivity index (χ3n) is 3.64. The molecule has 0 atom stereocenters. The van der Waals surface area contributed by atoms with Crippen molar-refractivity contribution >= 4 is 0 Å². The van der Waals surface area contributed by atoms with Gasteiger partial charge in [0.05, 0.1) is 0 Å². The molecule has 1 aliphatic heterocycles. The highest BCUT2D eigenvalue weighted by atomic mass is 15.2. The van der Waals surface area contributed by atoms with Gasteiger partial charge in [0.1, 0.15) is 0 Å². The topological polar surface area (TPSA) is 3.24 Å². The molecule has 1 heterocycles. The number of nitrogens with zero attached hydrogens (tertiary/aromatic N) is 1. The van der Waals surface area contributed by atoms with E-state index >= 15 is 0 Å². The average molecular weight is 217 g/mol. The second-order valence-electron chi connectivity index (χ2n) is 5.29. The van der Waals surface area contributed by atoms with Crippen molar-refractivity contribution in [3.05, 3.63) is 35.4 Å². The Balaban J connectivity index is 1.86. The number of hydrogen-bond acceptors (Lipinski definition) is 1. The molecule has 1 aromatic carbocycles. The van der Waals surface area contributed by atoms with Gasteiger partial charge in [-0.1, -0.05) is 31.2 Å². The first-order chi connectivity index (χ1) is 7.69. The zero-order valence-electron chi connectivity index (χ0n) is 10.7. The van der Waals surface area contributed by atoms with Crippen LogP contribution in [-0.4, -0.2) is 24.0 Å². The Kier molecular flexibility index (Phi) is 3.65. The normalized spacial score (nSPS) is 17.8. The highest BCUT2D eigenvalue weighted by Crippen LogP contribution is 2.22. The van der Waals surface area contributed by atoms with Gasteiger partial charge >= 0.3 is 0 Å². The molecule has 0 aromatic heterocycles. The van der Waals surface area contributed by atoms with Crippen molar-refractivity contribution in [1.29, 1.82) is 0 Å². The van der Waals surface area contributed by atoms with E-state index in [1.54, 1.807) is 0 Å². The maximum Gasteiger partial charge on any atom is 0.00388 e. The van der Waals surface area contributed by atoms with Gasteiger partial charge in [-0.15, -0.1) is 0 Å². The van der Waals surface area contributed by atoms with Crippen molar-refractivity contribution in [3.63, 3.8) is 0 Å². The summed E-state index contributed by atoms with van der Waals surface area (Å²) in [5, 5.41) is 0. The highest BCUT2D eigenvalue weighted by molar-refractivity contribution is 5.24. The van der Waals surface area contributed by atoms with E-state index in [4.69, 9.17) is 0 Å². The van der Waals surface area contributed by atoms with Crippen LogP contribution in [0.25, 0.3) is 0 Å². The molecule has 0 unspecified atom stereocenters. The van der Waals surface area contributed by atoms with E-state index in [9.17, 15) is 0 Å². The van der Waals surface area contributed by atoms with Crippen LogP contribution < -0.4 is 0 Å². The molecule has 0 spiro atoms.